The molecule has 0 radical (unpaired) electrons. The van der Waals surface area contributed by atoms with Crippen molar-refractivity contribution in [2.75, 3.05) is 6.61 Å². The maximum Gasteiger partial charge on any atom is 0.123 e. The van der Waals surface area contributed by atoms with Gasteiger partial charge in [-0.2, -0.15) is 0 Å². The Bertz CT molecular complexity index is 636. The van der Waals surface area contributed by atoms with E-state index in [1.165, 1.54) is 16.3 Å². The highest BCUT2D eigenvalue weighted by atomic mass is 35.5. The molecule has 0 heterocycles. The second kappa shape index (κ2) is 7.48. The molecule has 1 atom stereocenters. The van der Waals surface area contributed by atoms with Gasteiger partial charge in [-0.05, 0) is 42.2 Å². The molecule has 0 amide bonds. The van der Waals surface area contributed by atoms with Crippen molar-refractivity contribution in [2.24, 2.45) is 5.73 Å². The van der Waals surface area contributed by atoms with E-state index in [0.717, 1.165) is 24.2 Å². The lowest BCUT2D eigenvalue weighted by atomic mass is 9.97. The molecular weight excluding hydrogens is 282 g/mol. The van der Waals surface area contributed by atoms with Crippen LogP contribution in [0.5, 0.6) is 5.75 Å². The summed E-state index contributed by atoms with van der Waals surface area (Å²) in [6.45, 7) is 4.55. The second-order valence-corrected chi connectivity index (χ2v) is 5.60. The minimum Gasteiger partial charge on any atom is -0.489 e. The number of fused-ring (bicyclic) bond motifs is 1. The minimum absolute atomic E-state index is 0.142. The SMILES string of the molecule is CCC(N)Cc1c(OC/C(C)=C/Cl)ccc2ccccc12. The Morgan fingerprint density at radius 3 is 2.76 bits per heavy atom. The van der Waals surface area contributed by atoms with Gasteiger partial charge in [0.1, 0.15) is 12.4 Å². The summed E-state index contributed by atoms with van der Waals surface area (Å²) in [7, 11) is 0. The molecule has 0 aromatic heterocycles. The molecule has 21 heavy (non-hydrogen) atoms. The van der Waals surface area contributed by atoms with E-state index in [9.17, 15) is 0 Å². The van der Waals surface area contributed by atoms with Crippen molar-refractivity contribution in [1.29, 1.82) is 0 Å². The van der Waals surface area contributed by atoms with Gasteiger partial charge in [-0.3, -0.25) is 0 Å². The highest BCUT2D eigenvalue weighted by Gasteiger charge is 2.12. The number of halogens is 1. The Hall–Kier alpha value is -1.51. The monoisotopic (exact) mass is 303 g/mol. The summed E-state index contributed by atoms with van der Waals surface area (Å²) in [5.74, 6) is 0.899. The summed E-state index contributed by atoms with van der Waals surface area (Å²) in [6.07, 6.45) is 1.76. The van der Waals surface area contributed by atoms with E-state index < -0.39 is 0 Å². The van der Waals surface area contributed by atoms with Crippen LogP contribution in [-0.4, -0.2) is 12.6 Å². The van der Waals surface area contributed by atoms with E-state index in [1.54, 1.807) is 5.54 Å². The van der Waals surface area contributed by atoms with Crippen LogP contribution in [0.4, 0.5) is 0 Å². The van der Waals surface area contributed by atoms with Crippen molar-refractivity contribution in [1.82, 2.24) is 0 Å². The summed E-state index contributed by atoms with van der Waals surface area (Å²) in [5, 5.41) is 2.43. The predicted molar refractivity (Wildman–Crippen MR) is 91.0 cm³/mol. The first-order valence-corrected chi connectivity index (χ1v) is 7.74. The molecule has 0 fully saturated rings. The van der Waals surface area contributed by atoms with Crippen LogP contribution in [0.3, 0.4) is 0 Å². The molecule has 0 saturated heterocycles. The van der Waals surface area contributed by atoms with Gasteiger partial charge in [0.25, 0.3) is 0 Å². The molecule has 0 spiro atoms. The number of benzene rings is 2. The summed E-state index contributed by atoms with van der Waals surface area (Å²) < 4.78 is 5.94. The maximum atomic E-state index is 6.16. The molecule has 0 saturated carbocycles. The zero-order valence-electron chi connectivity index (χ0n) is 12.6. The first-order chi connectivity index (χ1) is 10.2. The van der Waals surface area contributed by atoms with E-state index in [2.05, 4.69) is 31.2 Å². The van der Waals surface area contributed by atoms with E-state index in [1.807, 2.05) is 19.1 Å². The molecule has 112 valence electrons. The van der Waals surface area contributed by atoms with Gasteiger partial charge < -0.3 is 10.5 Å². The van der Waals surface area contributed by atoms with Gasteiger partial charge in [-0.1, -0.05) is 48.9 Å². The van der Waals surface area contributed by atoms with Crippen molar-refractivity contribution in [3.8, 4) is 5.75 Å². The third kappa shape index (κ3) is 3.99. The first-order valence-electron chi connectivity index (χ1n) is 7.30. The van der Waals surface area contributed by atoms with Crippen molar-refractivity contribution < 1.29 is 4.74 Å². The summed E-state index contributed by atoms with van der Waals surface area (Å²) >= 11 is 5.70. The lowest BCUT2D eigenvalue weighted by molar-refractivity contribution is 0.348. The Labute approximate surface area is 131 Å². The minimum atomic E-state index is 0.142. The number of nitrogens with two attached hydrogens (primary N) is 1. The Kier molecular flexibility index (Phi) is 5.66. The van der Waals surface area contributed by atoms with E-state index >= 15 is 0 Å². The van der Waals surface area contributed by atoms with E-state index in [4.69, 9.17) is 22.1 Å². The molecular formula is C18H22ClNO. The van der Waals surface area contributed by atoms with Gasteiger partial charge in [0, 0.05) is 17.1 Å². The first kappa shape index (κ1) is 15.9. The van der Waals surface area contributed by atoms with Crippen LogP contribution in [0.25, 0.3) is 10.8 Å². The van der Waals surface area contributed by atoms with E-state index in [-0.39, 0.29) is 6.04 Å². The van der Waals surface area contributed by atoms with Crippen molar-refractivity contribution in [3.63, 3.8) is 0 Å². The van der Waals surface area contributed by atoms with Crippen LogP contribution in [-0.2, 0) is 6.42 Å². The van der Waals surface area contributed by atoms with Crippen LogP contribution in [0.1, 0.15) is 25.8 Å². The molecule has 2 N–H and O–H groups in total. The number of rotatable bonds is 6. The topological polar surface area (TPSA) is 35.2 Å². The van der Waals surface area contributed by atoms with Crippen molar-refractivity contribution in [2.45, 2.75) is 32.7 Å². The predicted octanol–water partition coefficient (Wildman–Crippen LogP) is 4.64. The molecule has 3 heteroatoms. The largest absolute Gasteiger partial charge is 0.489 e. The van der Waals surface area contributed by atoms with Gasteiger partial charge in [-0.15, -0.1) is 0 Å². The smallest absolute Gasteiger partial charge is 0.123 e. The van der Waals surface area contributed by atoms with Crippen molar-refractivity contribution >= 4 is 22.4 Å². The summed E-state index contributed by atoms with van der Waals surface area (Å²) in [5.41, 5.74) is 9.89. The highest BCUT2D eigenvalue weighted by molar-refractivity contribution is 6.25. The summed E-state index contributed by atoms with van der Waals surface area (Å²) in [6, 6.07) is 12.6. The van der Waals surface area contributed by atoms with Gasteiger partial charge >= 0.3 is 0 Å². The highest BCUT2D eigenvalue weighted by Crippen LogP contribution is 2.29. The van der Waals surface area contributed by atoms with Gasteiger partial charge in [0.05, 0.1) is 0 Å². The quantitative estimate of drug-likeness (QED) is 0.843. The maximum absolute atomic E-state index is 6.16. The van der Waals surface area contributed by atoms with E-state index in [0.29, 0.717) is 6.61 Å². The molecule has 0 aliphatic heterocycles. The molecule has 0 bridgehead atoms. The van der Waals surface area contributed by atoms with Crippen LogP contribution in [0.2, 0.25) is 0 Å². The third-order valence-electron chi connectivity index (χ3n) is 3.63. The molecule has 2 nitrogen and oxygen atoms in total. The van der Waals surface area contributed by atoms with Crippen molar-refractivity contribution in [3.05, 3.63) is 53.1 Å². The molecule has 0 aliphatic carbocycles. The van der Waals surface area contributed by atoms with Gasteiger partial charge in [-0.25, -0.2) is 0 Å². The lowest BCUT2D eigenvalue weighted by Gasteiger charge is -2.17. The fourth-order valence-corrected chi connectivity index (χ4v) is 2.35. The fraction of sp³-hybridized carbons (Fsp3) is 0.333. The Balaban J connectivity index is 2.40. The van der Waals surface area contributed by atoms with Crippen LogP contribution >= 0.6 is 11.6 Å². The third-order valence-corrected chi connectivity index (χ3v) is 4.00. The molecule has 0 aliphatic rings. The van der Waals surface area contributed by atoms with Crippen LogP contribution < -0.4 is 10.5 Å². The van der Waals surface area contributed by atoms with Gasteiger partial charge in [0.15, 0.2) is 0 Å². The number of hydrogen-bond donors (Lipinski definition) is 1. The zero-order valence-corrected chi connectivity index (χ0v) is 13.4. The number of hydrogen-bond acceptors (Lipinski definition) is 2. The number of ether oxygens (including phenoxy) is 1. The molecule has 1 unspecified atom stereocenters. The second-order valence-electron chi connectivity index (χ2n) is 5.38. The average Bonchev–Trinajstić information content (AvgIpc) is 2.53. The molecule has 2 aromatic carbocycles. The van der Waals surface area contributed by atoms with Crippen LogP contribution in [0.15, 0.2) is 47.5 Å². The summed E-state index contributed by atoms with van der Waals surface area (Å²) in [4.78, 5) is 0. The standard InChI is InChI=1S/C18H22ClNO/c1-3-15(20)10-17-16-7-5-4-6-14(16)8-9-18(17)21-12-13(2)11-19/h4-9,11,15H,3,10,12,20H2,1-2H3/b13-11+. The Morgan fingerprint density at radius 1 is 1.29 bits per heavy atom. The zero-order chi connectivity index (χ0) is 15.2. The molecule has 2 rings (SSSR count). The van der Waals surface area contributed by atoms with Crippen LogP contribution in [0, 0.1) is 0 Å². The Morgan fingerprint density at radius 2 is 2.05 bits per heavy atom. The molecule has 2 aromatic rings. The normalized spacial score (nSPS) is 13.4. The lowest BCUT2D eigenvalue weighted by Crippen LogP contribution is -2.22. The van der Waals surface area contributed by atoms with Gasteiger partial charge in [0.2, 0.25) is 0 Å². The fourth-order valence-electron chi connectivity index (χ4n) is 2.29. The average molecular weight is 304 g/mol.